The molecule has 1 aromatic carbocycles. The molecule has 0 heterocycles. The number of halogens is 1. The lowest BCUT2D eigenvalue weighted by Crippen LogP contribution is -2.01. The van der Waals surface area contributed by atoms with Crippen molar-refractivity contribution in [1.82, 2.24) is 0 Å². The van der Waals surface area contributed by atoms with Crippen molar-refractivity contribution in [2.75, 3.05) is 0 Å². The Morgan fingerprint density at radius 2 is 1.64 bits per heavy atom. The maximum atomic E-state index is 11.8. The Bertz CT molecular complexity index is 442. The lowest BCUT2D eigenvalue weighted by Gasteiger charge is -2.03. The molecular formula is C10H11ClO2S. The number of sulfone groups is 1. The molecule has 0 bridgehead atoms. The second-order valence-corrected chi connectivity index (χ2v) is 5.58. The van der Waals surface area contributed by atoms with Crippen LogP contribution in [0.2, 0.25) is 0 Å². The number of hydrogen-bond donors (Lipinski definition) is 0. The normalized spacial score (nSPS) is 11.1. The van der Waals surface area contributed by atoms with Gasteiger partial charge in [-0.1, -0.05) is 29.8 Å². The third-order valence-electron chi connectivity index (χ3n) is 1.68. The van der Waals surface area contributed by atoms with E-state index >= 15 is 0 Å². The molecule has 0 aromatic heterocycles. The fraction of sp³-hybridized carbons (Fsp3) is 0.200. The summed E-state index contributed by atoms with van der Waals surface area (Å²) in [5.74, 6) is 0. The number of hydrogen-bond acceptors (Lipinski definition) is 2. The van der Waals surface area contributed by atoms with Crippen LogP contribution in [0.4, 0.5) is 0 Å². The molecule has 2 nitrogen and oxygen atoms in total. The van der Waals surface area contributed by atoms with Gasteiger partial charge in [-0.25, -0.2) is 8.42 Å². The van der Waals surface area contributed by atoms with Gasteiger partial charge in [-0.15, -0.1) is 0 Å². The number of rotatable bonds is 2. The highest BCUT2D eigenvalue weighted by Crippen LogP contribution is 2.24. The number of benzene rings is 1. The summed E-state index contributed by atoms with van der Waals surface area (Å²) in [6, 6.07) is 8.15. The minimum absolute atomic E-state index is 0.0938. The molecule has 0 amide bonds. The van der Waals surface area contributed by atoms with Gasteiger partial charge in [0.1, 0.15) is 4.36 Å². The predicted octanol–water partition coefficient (Wildman–Crippen LogP) is 2.95. The smallest absolute Gasteiger partial charge is 0.217 e. The van der Waals surface area contributed by atoms with Crippen LogP contribution < -0.4 is 0 Å². The van der Waals surface area contributed by atoms with E-state index in [1.807, 2.05) is 0 Å². The zero-order chi connectivity index (χ0) is 10.8. The molecule has 0 aliphatic rings. The van der Waals surface area contributed by atoms with Gasteiger partial charge in [-0.3, -0.25) is 0 Å². The first-order valence-corrected chi connectivity index (χ1v) is 5.95. The van der Waals surface area contributed by atoms with Crippen molar-refractivity contribution in [2.24, 2.45) is 0 Å². The van der Waals surface area contributed by atoms with Gasteiger partial charge in [0.05, 0.1) is 4.90 Å². The fourth-order valence-electron chi connectivity index (χ4n) is 0.972. The standard InChI is InChI=1S/C10H11ClO2S/c1-8(2)10(11)14(12,13)9-6-4-3-5-7-9/h3-7H,1-2H3. The fourth-order valence-corrected chi connectivity index (χ4v) is 2.50. The van der Waals surface area contributed by atoms with Gasteiger partial charge in [0.25, 0.3) is 0 Å². The van der Waals surface area contributed by atoms with Crippen LogP contribution in [0.5, 0.6) is 0 Å². The first kappa shape index (κ1) is 11.3. The molecule has 0 spiro atoms. The third-order valence-corrected chi connectivity index (χ3v) is 4.44. The van der Waals surface area contributed by atoms with Crippen LogP contribution in [-0.4, -0.2) is 8.42 Å². The second kappa shape index (κ2) is 4.15. The van der Waals surface area contributed by atoms with Gasteiger partial charge >= 0.3 is 0 Å². The molecule has 0 unspecified atom stereocenters. The van der Waals surface area contributed by atoms with E-state index in [9.17, 15) is 8.42 Å². The highest BCUT2D eigenvalue weighted by Gasteiger charge is 2.19. The Morgan fingerprint density at radius 3 is 2.07 bits per heavy atom. The van der Waals surface area contributed by atoms with Gasteiger partial charge in [-0.05, 0) is 31.6 Å². The molecule has 0 fully saturated rings. The second-order valence-electron chi connectivity index (χ2n) is 3.09. The lowest BCUT2D eigenvalue weighted by atomic mass is 10.4. The molecule has 1 aromatic rings. The molecule has 0 N–H and O–H groups in total. The van der Waals surface area contributed by atoms with Crippen LogP contribution in [0.3, 0.4) is 0 Å². The van der Waals surface area contributed by atoms with E-state index < -0.39 is 9.84 Å². The summed E-state index contributed by atoms with van der Waals surface area (Å²) >= 11 is 5.73. The summed E-state index contributed by atoms with van der Waals surface area (Å²) in [7, 11) is -3.49. The molecule has 4 heteroatoms. The molecule has 0 aliphatic heterocycles. The van der Waals surface area contributed by atoms with Crippen LogP contribution in [0, 0.1) is 0 Å². The molecule has 0 atom stereocenters. The molecular weight excluding hydrogens is 220 g/mol. The maximum absolute atomic E-state index is 11.8. The first-order chi connectivity index (χ1) is 6.46. The molecule has 1 rings (SSSR count). The maximum Gasteiger partial charge on any atom is 0.217 e. The molecule has 0 saturated heterocycles. The van der Waals surface area contributed by atoms with Crippen molar-refractivity contribution in [3.05, 3.63) is 40.3 Å². The third kappa shape index (κ3) is 2.16. The van der Waals surface area contributed by atoms with E-state index in [0.717, 1.165) is 0 Å². The Hall–Kier alpha value is -0.800. The van der Waals surface area contributed by atoms with Crippen LogP contribution in [0.25, 0.3) is 0 Å². The summed E-state index contributed by atoms with van der Waals surface area (Å²) in [5, 5.41) is 0. The molecule has 0 radical (unpaired) electrons. The zero-order valence-corrected chi connectivity index (χ0v) is 9.56. The average Bonchev–Trinajstić information content (AvgIpc) is 2.18. The van der Waals surface area contributed by atoms with Crippen molar-refractivity contribution in [1.29, 1.82) is 0 Å². The quantitative estimate of drug-likeness (QED) is 0.783. The van der Waals surface area contributed by atoms with Gasteiger partial charge < -0.3 is 0 Å². The highest BCUT2D eigenvalue weighted by molar-refractivity contribution is 7.96. The SMILES string of the molecule is CC(C)=C(Cl)S(=O)(=O)c1ccccc1. The van der Waals surface area contributed by atoms with E-state index in [1.54, 1.807) is 32.0 Å². The minimum atomic E-state index is -3.49. The van der Waals surface area contributed by atoms with Crippen molar-refractivity contribution < 1.29 is 8.42 Å². The van der Waals surface area contributed by atoms with Gasteiger partial charge in [-0.2, -0.15) is 0 Å². The van der Waals surface area contributed by atoms with Gasteiger partial charge in [0.2, 0.25) is 9.84 Å². The van der Waals surface area contributed by atoms with E-state index in [4.69, 9.17) is 11.6 Å². The van der Waals surface area contributed by atoms with Crippen LogP contribution in [-0.2, 0) is 9.84 Å². The van der Waals surface area contributed by atoms with Crippen molar-refractivity contribution in [3.8, 4) is 0 Å². The van der Waals surface area contributed by atoms with Gasteiger partial charge in [0, 0.05) is 0 Å². The molecule has 76 valence electrons. The van der Waals surface area contributed by atoms with Crippen molar-refractivity contribution in [2.45, 2.75) is 18.7 Å². The Labute approximate surface area is 89.1 Å². The monoisotopic (exact) mass is 230 g/mol. The first-order valence-electron chi connectivity index (χ1n) is 4.09. The highest BCUT2D eigenvalue weighted by atomic mass is 35.5. The van der Waals surface area contributed by atoms with E-state index in [-0.39, 0.29) is 9.26 Å². The summed E-state index contributed by atoms with van der Waals surface area (Å²) in [4.78, 5) is 0.228. The topological polar surface area (TPSA) is 34.1 Å². The van der Waals surface area contributed by atoms with E-state index in [0.29, 0.717) is 5.57 Å². The molecule has 0 aliphatic carbocycles. The Morgan fingerprint density at radius 1 is 1.14 bits per heavy atom. The van der Waals surface area contributed by atoms with Crippen molar-refractivity contribution in [3.63, 3.8) is 0 Å². The van der Waals surface area contributed by atoms with Crippen LogP contribution in [0.1, 0.15) is 13.8 Å². The van der Waals surface area contributed by atoms with E-state index in [1.165, 1.54) is 12.1 Å². The summed E-state index contributed by atoms with van der Waals surface area (Å²) in [5.41, 5.74) is 0.593. The average molecular weight is 231 g/mol. The van der Waals surface area contributed by atoms with E-state index in [2.05, 4.69) is 0 Å². The molecule has 0 saturated carbocycles. The van der Waals surface area contributed by atoms with Crippen molar-refractivity contribution >= 4 is 21.4 Å². The number of allylic oxidation sites excluding steroid dienone is 1. The lowest BCUT2D eigenvalue weighted by molar-refractivity contribution is 0.603. The molecule has 14 heavy (non-hydrogen) atoms. The largest absolute Gasteiger partial charge is 0.218 e. The Kier molecular flexibility index (Phi) is 3.34. The Balaban J connectivity index is 3.31. The summed E-state index contributed by atoms with van der Waals surface area (Å²) < 4.78 is 23.5. The summed E-state index contributed by atoms with van der Waals surface area (Å²) in [6.45, 7) is 3.34. The van der Waals surface area contributed by atoms with Gasteiger partial charge in [0.15, 0.2) is 0 Å². The minimum Gasteiger partial charge on any atom is -0.218 e. The zero-order valence-electron chi connectivity index (χ0n) is 7.99. The van der Waals surface area contributed by atoms with Crippen LogP contribution in [0.15, 0.2) is 45.2 Å². The summed E-state index contributed by atoms with van der Waals surface area (Å²) in [6.07, 6.45) is 0. The van der Waals surface area contributed by atoms with Crippen LogP contribution >= 0.6 is 11.6 Å². The predicted molar refractivity (Wildman–Crippen MR) is 57.9 cm³/mol.